The lowest BCUT2D eigenvalue weighted by atomic mass is 9.92. The fraction of sp³-hybridized carbons (Fsp3) is 0.304. The van der Waals surface area contributed by atoms with Crippen molar-refractivity contribution in [3.8, 4) is 0 Å². The number of hydrogen-bond donors (Lipinski definition) is 2. The molecule has 0 saturated carbocycles. The van der Waals surface area contributed by atoms with Gasteiger partial charge < -0.3 is 10.6 Å². The van der Waals surface area contributed by atoms with Crippen molar-refractivity contribution >= 4 is 29.3 Å². The number of rotatable bonds is 3. The molecule has 0 aromatic heterocycles. The van der Waals surface area contributed by atoms with Gasteiger partial charge in [-0.15, -0.1) is 0 Å². The van der Waals surface area contributed by atoms with Crippen molar-refractivity contribution in [3.63, 3.8) is 0 Å². The Morgan fingerprint density at radius 1 is 1.00 bits per heavy atom. The van der Waals surface area contributed by atoms with Crippen LogP contribution in [0, 0.1) is 0 Å². The van der Waals surface area contributed by atoms with Crippen LogP contribution in [0.25, 0.3) is 0 Å². The normalized spacial score (nSPS) is 22.4. The second-order valence-electron chi connectivity index (χ2n) is 8.08. The molecular formula is C23H21N3O4. The van der Waals surface area contributed by atoms with Crippen LogP contribution in [-0.4, -0.2) is 35.1 Å². The number of ketones is 1. The van der Waals surface area contributed by atoms with E-state index in [4.69, 9.17) is 0 Å². The molecule has 7 heteroatoms. The lowest BCUT2D eigenvalue weighted by molar-refractivity contribution is -0.131. The van der Waals surface area contributed by atoms with Crippen molar-refractivity contribution in [1.82, 2.24) is 10.2 Å². The molecule has 5 rings (SSSR count). The van der Waals surface area contributed by atoms with Gasteiger partial charge in [0.2, 0.25) is 5.91 Å². The summed E-state index contributed by atoms with van der Waals surface area (Å²) < 4.78 is 0. The van der Waals surface area contributed by atoms with Crippen LogP contribution in [-0.2, 0) is 28.0 Å². The number of nitrogens with zero attached hydrogens (tertiary/aromatic N) is 1. The summed E-state index contributed by atoms with van der Waals surface area (Å²) >= 11 is 0. The number of carbonyl (C=O) groups excluding carboxylic acids is 4. The number of urea groups is 1. The summed E-state index contributed by atoms with van der Waals surface area (Å²) in [6, 6.07) is 12.2. The molecule has 2 N–H and O–H groups in total. The van der Waals surface area contributed by atoms with Gasteiger partial charge in [-0.3, -0.25) is 19.3 Å². The minimum absolute atomic E-state index is 0.0331. The summed E-state index contributed by atoms with van der Waals surface area (Å²) in [6.45, 7) is -0.306. The molecule has 1 spiro atoms. The molecule has 2 aromatic rings. The second kappa shape index (κ2) is 6.79. The number of anilines is 1. The Hall–Kier alpha value is -3.48. The van der Waals surface area contributed by atoms with E-state index in [1.807, 2.05) is 24.3 Å². The predicted molar refractivity (Wildman–Crippen MR) is 109 cm³/mol. The quantitative estimate of drug-likeness (QED) is 0.608. The molecule has 1 fully saturated rings. The topological polar surface area (TPSA) is 95.6 Å². The highest BCUT2D eigenvalue weighted by Gasteiger charge is 2.55. The number of aryl methyl sites for hydroxylation is 2. The number of fused-ring (bicyclic) bond motifs is 3. The average Bonchev–Trinajstić information content (AvgIpc) is 3.13. The van der Waals surface area contributed by atoms with Crippen LogP contribution in [0.1, 0.15) is 46.3 Å². The molecule has 7 nitrogen and oxygen atoms in total. The first-order chi connectivity index (χ1) is 14.5. The van der Waals surface area contributed by atoms with E-state index in [1.165, 1.54) is 0 Å². The van der Waals surface area contributed by atoms with E-state index < -0.39 is 11.6 Å². The van der Waals surface area contributed by atoms with Gasteiger partial charge in [0.05, 0.1) is 6.54 Å². The molecule has 0 radical (unpaired) electrons. The fourth-order valence-electron chi connectivity index (χ4n) is 4.72. The SMILES string of the molecule is O=C1CCCc2cc(C(=O)CN3C(=O)NC4(CCc5ccccc54)C3=O)ccc2N1. The highest BCUT2D eigenvalue weighted by Crippen LogP contribution is 2.41. The van der Waals surface area contributed by atoms with Gasteiger partial charge >= 0.3 is 6.03 Å². The summed E-state index contributed by atoms with van der Waals surface area (Å²) in [6.07, 6.45) is 3.06. The molecule has 4 amide bonds. The van der Waals surface area contributed by atoms with Gasteiger partial charge in [0.15, 0.2) is 5.78 Å². The number of hydrogen-bond acceptors (Lipinski definition) is 4. The Morgan fingerprint density at radius 3 is 2.70 bits per heavy atom. The Labute approximate surface area is 173 Å². The van der Waals surface area contributed by atoms with Crippen LogP contribution in [0.3, 0.4) is 0 Å². The van der Waals surface area contributed by atoms with Crippen LogP contribution < -0.4 is 10.6 Å². The highest BCUT2D eigenvalue weighted by molar-refractivity contribution is 6.12. The maximum atomic E-state index is 13.2. The van der Waals surface area contributed by atoms with Crippen LogP contribution >= 0.6 is 0 Å². The van der Waals surface area contributed by atoms with E-state index in [2.05, 4.69) is 10.6 Å². The predicted octanol–water partition coefficient (Wildman–Crippen LogP) is 2.54. The number of Topliss-reactive ketones (excluding diaryl/α,β-unsaturated/α-hetero) is 1. The van der Waals surface area contributed by atoms with Gasteiger partial charge in [-0.1, -0.05) is 24.3 Å². The zero-order valence-corrected chi connectivity index (χ0v) is 16.4. The van der Waals surface area contributed by atoms with Gasteiger partial charge in [-0.2, -0.15) is 0 Å². The van der Waals surface area contributed by atoms with E-state index in [0.29, 0.717) is 43.4 Å². The van der Waals surface area contributed by atoms with E-state index in [1.54, 1.807) is 18.2 Å². The van der Waals surface area contributed by atoms with Crippen molar-refractivity contribution < 1.29 is 19.2 Å². The van der Waals surface area contributed by atoms with Gasteiger partial charge in [-0.05, 0) is 60.6 Å². The molecule has 30 heavy (non-hydrogen) atoms. The number of nitrogens with one attached hydrogen (secondary N) is 2. The third-order valence-electron chi connectivity index (χ3n) is 6.28. The van der Waals surface area contributed by atoms with Crippen LogP contribution in [0.2, 0.25) is 0 Å². The number of imide groups is 1. The lowest BCUT2D eigenvalue weighted by Crippen LogP contribution is -2.42. The first kappa shape index (κ1) is 18.5. The summed E-state index contributed by atoms with van der Waals surface area (Å²) in [7, 11) is 0. The van der Waals surface area contributed by atoms with Crippen molar-refractivity contribution in [3.05, 3.63) is 64.7 Å². The first-order valence-corrected chi connectivity index (χ1v) is 10.2. The zero-order chi connectivity index (χ0) is 20.9. The molecule has 152 valence electrons. The Bertz CT molecular complexity index is 1110. The first-order valence-electron chi connectivity index (χ1n) is 10.2. The van der Waals surface area contributed by atoms with Crippen molar-refractivity contribution in [2.75, 3.05) is 11.9 Å². The van der Waals surface area contributed by atoms with Gasteiger partial charge in [0.1, 0.15) is 5.54 Å². The maximum absolute atomic E-state index is 13.2. The second-order valence-corrected chi connectivity index (χ2v) is 8.08. The summed E-state index contributed by atoms with van der Waals surface area (Å²) in [5.74, 6) is -0.706. The van der Waals surface area contributed by atoms with Crippen molar-refractivity contribution in [1.29, 1.82) is 0 Å². The van der Waals surface area contributed by atoms with Crippen LogP contribution in [0.15, 0.2) is 42.5 Å². The molecule has 1 unspecified atom stereocenters. The average molecular weight is 403 g/mol. The Balaban J connectivity index is 1.38. The molecule has 1 aliphatic carbocycles. The summed E-state index contributed by atoms with van der Waals surface area (Å²) in [4.78, 5) is 51.5. The molecule has 2 heterocycles. The molecule has 2 aliphatic heterocycles. The maximum Gasteiger partial charge on any atom is 0.325 e. The number of benzene rings is 2. The van der Waals surface area contributed by atoms with E-state index in [-0.39, 0.29) is 24.1 Å². The molecular weight excluding hydrogens is 382 g/mol. The zero-order valence-electron chi connectivity index (χ0n) is 16.4. The van der Waals surface area contributed by atoms with Gasteiger partial charge in [-0.25, -0.2) is 4.79 Å². The highest BCUT2D eigenvalue weighted by atomic mass is 16.2. The molecule has 1 saturated heterocycles. The monoisotopic (exact) mass is 403 g/mol. The van der Waals surface area contributed by atoms with Crippen molar-refractivity contribution in [2.24, 2.45) is 0 Å². The van der Waals surface area contributed by atoms with E-state index in [9.17, 15) is 19.2 Å². The van der Waals surface area contributed by atoms with Gasteiger partial charge in [0.25, 0.3) is 5.91 Å². The van der Waals surface area contributed by atoms with E-state index in [0.717, 1.165) is 21.6 Å². The molecule has 0 bridgehead atoms. The van der Waals surface area contributed by atoms with Crippen LogP contribution in [0.5, 0.6) is 0 Å². The smallest absolute Gasteiger partial charge is 0.325 e. The largest absolute Gasteiger partial charge is 0.326 e. The number of carbonyl (C=O) groups is 4. The Morgan fingerprint density at radius 2 is 1.83 bits per heavy atom. The van der Waals surface area contributed by atoms with Gasteiger partial charge in [0, 0.05) is 17.7 Å². The fourth-order valence-corrected chi connectivity index (χ4v) is 4.72. The summed E-state index contributed by atoms with van der Waals surface area (Å²) in [5.41, 5.74) is 2.84. The minimum Gasteiger partial charge on any atom is -0.326 e. The lowest BCUT2D eigenvalue weighted by Gasteiger charge is -2.22. The summed E-state index contributed by atoms with van der Waals surface area (Å²) in [5, 5.41) is 5.68. The molecule has 1 atom stereocenters. The minimum atomic E-state index is -1.06. The molecule has 2 aromatic carbocycles. The Kier molecular flexibility index (Phi) is 4.20. The van der Waals surface area contributed by atoms with Crippen LogP contribution in [0.4, 0.5) is 10.5 Å². The van der Waals surface area contributed by atoms with Crippen molar-refractivity contribution in [2.45, 2.75) is 37.6 Å². The third-order valence-corrected chi connectivity index (χ3v) is 6.28. The standard InChI is InChI=1S/C23H21N3O4/c27-19(16-8-9-18-15(12-16)5-3-7-20(28)24-18)13-26-21(29)23(25-22(26)30)11-10-14-4-1-2-6-17(14)23/h1-2,4,6,8-9,12H,3,5,7,10-11,13H2,(H,24,28)(H,25,30). The third kappa shape index (κ3) is 2.81. The number of amides is 4. The van der Waals surface area contributed by atoms with E-state index >= 15 is 0 Å². The molecule has 3 aliphatic rings.